The predicted octanol–water partition coefficient (Wildman–Crippen LogP) is 4.42. The van der Waals surface area contributed by atoms with Gasteiger partial charge in [0.1, 0.15) is 11.6 Å². The topological polar surface area (TPSA) is 102 Å². The Morgan fingerprint density at radius 1 is 0.594 bits per heavy atom. The van der Waals surface area contributed by atoms with Crippen LogP contribution in [0.2, 0.25) is 0 Å². The third-order valence-corrected chi connectivity index (χ3v) is 10.5. The Morgan fingerprint density at radius 2 is 0.844 bits per heavy atom. The Kier molecular flexibility index (Phi) is 7.22. The Morgan fingerprint density at radius 3 is 1.06 bits per heavy atom. The van der Waals surface area contributed by atoms with E-state index in [4.69, 9.17) is 0 Å². The van der Waals surface area contributed by atoms with Gasteiger partial charge in [-0.15, -0.1) is 0 Å². The summed E-state index contributed by atoms with van der Waals surface area (Å²) in [6.07, 6.45) is -0.153. The van der Waals surface area contributed by atoms with E-state index in [-0.39, 0.29) is 34.2 Å². The molecule has 0 amide bonds. The standard InChI is InChI=1S/C24H30O6S2/c1-17(25)15-23(3,4)31(27,28)21-11-7-19(8-12-21)20-9-13-22(14-10-20)32(29,30)24(5,6)16-18(2)26/h7-14H,15-16H2,1-6H3. The lowest BCUT2D eigenvalue weighted by Gasteiger charge is -2.24. The molecule has 8 heteroatoms. The van der Waals surface area contributed by atoms with Crippen molar-refractivity contribution in [2.24, 2.45) is 0 Å². The van der Waals surface area contributed by atoms with Crippen LogP contribution in [0.3, 0.4) is 0 Å². The van der Waals surface area contributed by atoms with Gasteiger partial charge in [0.25, 0.3) is 0 Å². The molecule has 174 valence electrons. The van der Waals surface area contributed by atoms with Crippen molar-refractivity contribution in [1.29, 1.82) is 0 Å². The molecule has 0 N–H and O–H groups in total. The summed E-state index contributed by atoms with van der Waals surface area (Å²) < 4.78 is 49.2. The van der Waals surface area contributed by atoms with Gasteiger partial charge < -0.3 is 0 Å². The summed E-state index contributed by atoms with van der Waals surface area (Å²) in [4.78, 5) is 23.2. The fourth-order valence-electron chi connectivity index (χ4n) is 3.68. The molecule has 0 heterocycles. The molecule has 0 radical (unpaired) electrons. The second-order valence-electron chi connectivity index (χ2n) is 9.33. The molecular weight excluding hydrogens is 448 g/mol. The van der Waals surface area contributed by atoms with E-state index in [0.717, 1.165) is 11.1 Å². The molecule has 0 aliphatic rings. The minimum absolute atomic E-state index is 0.0764. The number of carbonyl (C=O) groups excluding carboxylic acids is 2. The molecule has 0 aliphatic heterocycles. The van der Waals surface area contributed by atoms with Gasteiger partial charge in [0.05, 0.1) is 19.3 Å². The van der Waals surface area contributed by atoms with Crippen molar-refractivity contribution < 1.29 is 26.4 Å². The van der Waals surface area contributed by atoms with Crippen molar-refractivity contribution in [2.45, 2.75) is 73.7 Å². The number of hydrogen-bond donors (Lipinski definition) is 0. The number of carbonyl (C=O) groups is 2. The molecule has 0 aliphatic carbocycles. The van der Waals surface area contributed by atoms with Gasteiger partial charge in [0.2, 0.25) is 0 Å². The smallest absolute Gasteiger partial charge is 0.183 e. The molecule has 6 nitrogen and oxygen atoms in total. The molecular formula is C24H30O6S2. The van der Waals surface area contributed by atoms with Crippen LogP contribution in [-0.4, -0.2) is 37.9 Å². The van der Waals surface area contributed by atoms with Gasteiger partial charge in [-0.05, 0) is 76.9 Å². The molecule has 0 saturated heterocycles. The molecule has 0 aromatic heterocycles. The quantitative estimate of drug-likeness (QED) is 0.529. The fourth-order valence-corrected chi connectivity index (χ4v) is 6.73. The first-order valence-corrected chi connectivity index (χ1v) is 13.2. The van der Waals surface area contributed by atoms with Crippen molar-refractivity contribution in [3.8, 4) is 11.1 Å². The van der Waals surface area contributed by atoms with E-state index >= 15 is 0 Å². The summed E-state index contributed by atoms with van der Waals surface area (Å²) in [6, 6.07) is 12.6. The van der Waals surface area contributed by atoms with E-state index in [1.807, 2.05) is 0 Å². The molecule has 0 bridgehead atoms. The van der Waals surface area contributed by atoms with Crippen LogP contribution in [-0.2, 0) is 29.3 Å². The first kappa shape index (κ1) is 25.9. The zero-order chi connectivity index (χ0) is 24.5. The van der Waals surface area contributed by atoms with E-state index in [2.05, 4.69) is 0 Å². The van der Waals surface area contributed by atoms with Crippen LogP contribution >= 0.6 is 0 Å². The monoisotopic (exact) mass is 478 g/mol. The van der Waals surface area contributed by atoms with Crippen LogP contribution in [0.25, 0.3) is 11.1 Å². The van der Waals surface area contributed by atoms with Crippen LogP contribution in [0.5, 0.6) is 0 Å². The second-order valence-corrected chi connectivity index (χ2v) is 14.5. The SMILES string of the molecule is CC(=O)CC(C)(C)S(=O)(=O)c1ccc(-c2ccc(S(=O)(=O)C(C)(C)CC(C)=O)cc2)cc1. The van der Waals surface area contributed by atoms with E-state index in [1.54, 1.807) is 24.3 Å². The highest BCUT2D eigenvalue weighted by molar-refractivity contribution is 7.93. The number of ketones is 2. The average Bonchev–Trinajstić information content (AvgIpc) is 2.66. The van der Waals surface area contributed by atoms with Gasteiger partial charge in [0, 0.05) is 12.8 Å². The van der Waals surface area contributed by atoms with Crippen LogP contribution in [0, 0.1) is 0 Å². The molecule has 0 saturated carbocycles. The highest BCUT2D eigenvalue weighted by atomic mass is 32.2. The normalized spacial score (nSPS) is 13.1. The first-order chi connectivity index (χ1) is 14.5. The van der Waals surface area contributed by atoms with Gasteiger partial charge in [0.15, 0.2) is 19.7 Å². The van der Waals surface area contributed by atoms with E-state index in [0.29, 0.717) is 0 Å². The van der Waals surface area contributed by atoms with Gasteiger partial charge >= 0.3 is 0 Å². The minimum Gasteiger partial charge on any atom is -0.300 e. The highest BCUT2D eigenvalue weighted by Gasteiger charge is 2.37. The van der Waals surface area contributed by atoms with Crippen molar-refractivity contribution in [3.63, 3.8) is 0 Å². The van der Waals surface area contributed by atoms with Crippen molar-refractivity contribution in [2.75, 3.05) is 0 Å². The maximum Gasteiger partial charge on any atom is 0.183 e. The molecule has 32 heavy (non-hydrogen) atoms. The number of benzene rings is 2. The van der Waals surface area contributed by atoms with Crippen LogP contribution in [0.4, 0.5) is 0 Å². The van der Waals surface area contributed by atoms with Crippen molar-refractivity contribution in [1.82, 2.24) is 0 Å². The Balaban J connectivity index is 2.34. The summed E-state index contributed by atoms with van der Waals surface area (Å²) in [6.45, 7) is 8.86. The lowest BCUT2D eigenvalue weighted by molar-refractivity contribution is -0.118. The average molecular weight is 479 g/mol. The summed E-state index contributed by atoms with van der Waals surface area (Å²) in [7, 11) is -7.43. The van der Waals surface area contributed by atoms with Gasteiger partial charge in [-0.2, -0.15) is 0 Å². The third-order valence-electron chi connectivity index (χ3n) is 5.47. The van der Waals surface area contributed by atoms with Crippen LogP contribution in [0.1, 0.15) is 54.4 Å². The van der Waals surface area contributed by atoms with Crippen molar-refractivity contribution in [3.05, 3.63) is 48.5 Å². The number of sulfone groups is 2. The zero-order valence-corrected chi connectivity index (χ0v) is 20.9. The maximum atomic E-state index is 12.9. The summed E-state index contributed by atoms with van der Waals surface area (Å²) in [5, 5.41) is 0. The minimum atomic E-state index is -3.71. The number of hydrogen-bond acceptors (Lipinski definition) is 6. The summed E-state index contributed by atoms with van der Waals surface area (Å²) >= 11 is 0. The van der Waals surface area contributed by atoms with E-state index in [1.165, 1.54) is 65.8 Å². The number of rotatable bonds is 9. The molecule has 2 aromatic carbocycles. The van der Waals surface area contributed by atoms with Gasteiger partial charge in [-0.3, -0.25) is 9.59 Å². The summed E-state index contributed by atoms with van der Waals surface area (Å²) in [5.41, 5.74) is 1.44. The molecule has 2 aromatic rings. The molecule has 0 spiro atoms. The highest BCUT2D eigenvalue weighted by Crippen LogP contribution is 2.32. The molecule has 0 atom stereocenters. The van der Waals surface area contributed by atoms with Crippen LogP contribution < -0.4 is 0 Å². The predicted molar refractivity (Wildman–Crippen MR) is 125 cm³/mol. The largest absolute Gasteiger partial charge is 0.300 e. The molecule has 2 rings (SSSR count). The first-order valence-electron chi connectivity index (χ1n) is 10.2. The van der Waals surface area contributed by atoms with Gasteiger partial charge in [-0.1, -0.05) is 24.3 Å². The van der Waals surface area contributed by atoms with Gasteiger partial charge in [-0.25, -0.2) is 16.8 Å². The van der Waals surface area contributed by atoms with Crippen molar-refractivity contribution >= 4 is 31.2 Å². The molecule has 0 fully saturated rings. The third kappa shape index (κ3) is 5.18. The number of Topliss-reactive ketones (excluding diaryl/α,β-unsaturated/α-hetero) is 2. The van der Waals surface area contributed by atoms with E-state index < -0.39 is 29.2 Å². The van der Waals surface area contributed by atoms with E-state index in [9.17, 15) is 26.4 Å². The summed E-state index contributed by atoms with van der Waals surface area (Å²) in [5.74, 6) is -0.395. The zero-order valence-electron chi connectivity index (χ0n) is 19.3. The lowest BCUT2D eigenvalue weighted by atomic mass is 10.1. The second kappa shape index (κ2) is 8.90. The van der Waals surface area contributed by atoms with Crippen LogP contribution in [0.15, 0.2) is 58.3 Å². The lowest BCUT2D eigenvalue weighted by Crippen LogP contribution is -2.34. The Labute approximate surface area is 190 Å². The molecule has 0 unspecified atom stereocenters. The maximum absolute atomic E-state index is 12.9. The Bertz CT molecular complexity index is 1120. The fraction of sp³-hybridized carbons (Fsp3) is 0.417. The Hall–Kier alpha value is -2.32.